The minimum atomic E-state index is -0.847. The molecule has 0 unspecified atom stereocenters. The van der Waals surface area contributed by atoms with Gasteiger partial charge in [0.25, 0.3) is 0 Å². The number of benzene rings is 1. The van der Waals surface area contributed by atoms with E-state index in [2.05, 4.69) is 21.3 Å². The van der Waals surface area contributed by atoms with Gasteiger partial charge in [0.05, 0.1) is 11.4 Å². The van der Waals surface area contributed by atoms with Crippen molar-refractivity contribution in [3.8, 4) is 0 Å². The van der Waals surface area contributed by atoms with E-state index in [0.29, 0.717) is 25.9 Å². The van der Waals surface area contributed by atoms with E-state index in [1.807, 2.05) is 13.8 Å². The molecule has 0 saturated heterocycles. The second kappa shape index (κ2) is 9.98. The van der Waals surface area contributed by atoms with Gasteiger partial charge in [-0.25, -0.2) is 0 Å². The minimum Gasteiger partial charge on any atom is -0.348 e. The monoisotopic (exact) mass is 334 g/mol. The Bertz CT molecular complexity index is 563. The van der Waals surface area contributed by atoms with E-state index in [1.54, 1.807) is 12.1 Å². The molecule has 0 fully saturated rings. The Morgan fingerprint density at radius 1 is 0.708 bits per heavy atom. The van der Waals surface area contributed by atoms with E-state index in [4.69, 9.17) is 0 Å². The van der Waals surface area contributed by atoms with Crippen LogP contribution < -0.4 is 21.3 Å². The molecule has 1 rings (SSSR count). The Labute approximate surface area is 140 Å². The molecule has 4 N–H and O–H groups in total. The molecule has 4 amide bonds. The van der Waals surface area contributed by atoms with E-state index in [0.717, 1.165) is 0 Å². The number of hydrogen-bond donors (Lipinski definition) is 4. The van der Waals surface area contributed by atoms with Crippen LogP contribution in [-0.2, 0) is 19.2 Å². The van der Waals surface area contributed by atoms with Gasteiger partial charge < -0.3 is 21.3 Å². The number of hydrogen-bond acceptors (Lipinski definition) is 4. The molecule has 0 heterocycles. The Morgan fingerprint density at radius 3 is 1.42 bits per heavy atom. The molecule has 1 aromatic rings. The lowest BCUT2D eigenvalue weighted by Gasteiger charge is -2.12. The SMILES string of the molecule is CCCNC(=O)C(=O)Nc1ccccc1NC(=O)C(=O)NCCC. The summed E-state index contributed by atoms with van der Waals surface area (Å²) >= 11 is 0. The van der Waals surface area contributed by atoms with E-state index in [9.17, 15) is 19.2 Å². The third kappa shape index (κ3) is 6.07. The summed E-state index contributed by atoms with van der Waals surface area (Å²) in [7, 11) is 0. The Hall–Kier alpha value is -2.90. The van der Waals surface area contributed by atoms with Crippen LogP contribution in [-0.4, -0.2) is 36.7 Å². The first kappa shape index (κ1) is 19.1. The first-order valence-corrected chi connectivity index (χ1v) is 7.77. The second-order valence-corrected chi connectivity index (χ2v) is 4.97. The number of carbonyl (C=O) groups excluding carboxylic acids is 4. The van der Waals surface area contributed by atoms with Gasteiger partial charge in [-0.2, -0.15) is 0 Å². The largest absolute Gasteiger partial charge is 0.348 e. The third-order valence-electron chi connectivity index (χ3n) is 2.91. The number of anilines is 2. The summed E-state index contributed by atoms with van der Waals surface area (Å²) in [5.41, 5.74) is 0.455. The summed E-state index contributed by atoms with van der Waals surface area (Å²) in [4.78, 5) is 46.8. The van der Waals surface area contributed by atoms with Gasteiger partial charge in [-0.1, -0.05) is 26.0 Å². The van der Waals surface area contributed by atoms with Crippen LogP contribution in [0.1, 0.15) is 26.7 Å². The zero-order valence-corrected chi connectivity index (χ0v) is 13.8. The van der Waals surface area contributed by atoms with Gasteiger partial charge in [0.15, 0.2) is 0 Å². The summed E-state index contributed by atoms with van der Waals surface area (Å²) in [5.74, 6) is -3.22. The van der Waals surface area contributed by atoms with Crippen LogP contribution in [0.15, 0.2) is 24.3 Å². The highest BCUT2D eigenvalue weighted by molar-refractivity contribution is 6.41. The fourth-order valence-corrected chi connectivity index (χ4v) is 1.70. The van der Waals surface area contributed by atoms with E-state index >= 15 is 0 Å². The fourth-order valence-electron chi connectivity index (χ4n) is 1.70. The zero-order valence-electron chi connectivity index (χ0n) is 13.8. The summed E-state index contributed by atoms with van der Waals surface area (Å²) in [6, 6.07) is 6.30. The van der Waals surface area contributed by atoms with Crippen LogP contribution in [0.2, 0.25) is 0 Å². The van der Waals surface area contributed by atoms with E-state index < -0.39 is 23.6 Å². The van der Waals surface area contributed by atoms with Gasteiger partial charge in [0.1, 0.15) is 0 Å². The molecule has 8 nitrogen and oxygen atoms in total. The topological polar surface area (TPSA) is 116 Å². The van der Waals surface area contributed by atoms with Crippen molar-refractivity contribution in [2.24, 2.45) is 0 Å². The Kier molecular flexibility index (Phi) is 7.97. The highest BCUT2D eigenvalue weighted by atomic mass is 16.2. The molecular weight excluding hydrogens is 312 g/mol. The van der Waals surface area contributed by atoms with Gasteiger partial charge >= 0.3 is 23.6 Å². The van der Waals surface area contributed by atoms with Gasteiger partial charge in [-0.3, -0.25) is 19.2 Å². The molecule has 0 radical (unpaired) electrons. The average Bonchev–Trinajstić information content (AvgIpc) is 2.58. The molecule has 0 atom stereocenters. The maximum atomic E-state index is 11.8. The molecule has 0 aliphatic heterocycles. The van der Waals surface area contributed by atoms with Crippen LogP contribution in [0.5, 0.6) is 0 Å². The molecule has 0 bridgehead atoms. The van der Waals surface area contributed by atoms with Crippen molar-refractivity contribution >= 4 is 35.0 Å². The highest BCUT2D eigenvalue weighted by Gasteiger charge is 2.17. The van der Waals surface area contributed by atoms with Crippen LogP contribution in [0.3, 0.4) is 0 Å². The quantitative estimate of drug-likeness (QED) is 0.570. The number of rotatable bonds is 6. The number of amides is 4. The summed E-state index contributed by atoms with van der Waals surface area (Å²) in [6.45, 7) is 4.52. The predicted octanol–water partition coefficient (Wildman–Crippen LogP) is 0.616. The van der Waals surface area contributed by atoms with E-state index in [1.165, 1.54) is 12.1 Å². The molecular formula is C16H22N4O4. The molecule has 0 spiro atoms. The lowest BCUT2D eigenvalue weighted by molar-refractivity contribution is -0.136. The minimum absolute atomic E-state index is 0.228. The summed E-state index contributed by atoms with van der Waals surface area (Å²) < 4.78 is 0. The normalized spacial score (nSPS) is 9.75. The lowest BCUT2D eigenvalue weighted by Crippen LogP contribution is -2.37. The number of para-hydroxylation sites is 2. The van der Waals surface area contributed by atoms with Crippen LogP contribution >= 0.6 is 0 Å². The van der Waals surface area contributed by atoms with Crippen LogP contribution in [0, 0.1) is 0 Å². The molecule has 0 saturated carbocycles. The zero-order chi connectivity index (χ0) is 17.9. The van der Waals surface area contributed by atoms with Crippen molar-refractivity contribution < 1.29 is 19.2 Å². The molecule has 130 valence electrons. The van der Waals surface area contributed by atoms with Gasteiger partial charge in [-0.15, -0.1) is 0 Å². The van der Waals surface area contributed by atoms with Crippen LogP contribution in [0.25, 0.3) is 0 Å². The first-order valence-electron chi connectivity index (χ1n) is 7.77. The average molecular weight is 334 g/mol. The molecule has 0 aliphatic carbocycles. The maximum absolute atomic E-state index is 11.8. The molecule has 24 heavy (non-hydrogen) atoms. The van der Waals surface area contributed by atoms with Crippen molar-refractivity contribution in [2.75, 3.05) is 23.7 Å². The Balaban J connectivity index is 2.74. The van der Waals surface area contributed by atoms with Gasteiger partial charge in [0, 0.05) is 13.1 Å². The summed E-state index contributed by atoms with van der Waals surface area (Å²) in [5, 5.41) is 9.72. The highest BCUT2D eigenvalue weighted by Crippen LogP contribution is 2.20. The van der Waals surface area contributed by atoms with E-state index in [-0.39, 0.29) is 11.4 Å². The predicted molar refractivity (Wildman–Crippen MR) is 90.3 cm³/mol. The van der Waals surface area contributed by atoms with Crippen molar-refractivity contribution in [2.45, 2.75) is 26.7 Å². The molecule has 0 aliphatic rings. The summed E-state index contributed by atoms with van der Waals surface area (Å²) in [6.07, 6.45) is 1.41. The molecule has 1 aromatic carbocycles. The molecule has 0 aromatic heterocycles. The van der Waals surface area contributed by atoms with Crippen molar-refractivity contribution in [1.29, 1.82) is 0 Å². The van der Waals surface area contributed by atoms with Gasteiger partial charge in [0.2, 0.25) is 0 Å². The number of nitrogens with one attached hydrogen (secondary N) is 4. The third-order valence-corrected chi connectivity index (χ3v) is 2.91. The smallest absolute Gasteiger partial charge is 0.313 e. The van der Waals surface area contributed by atoms with Crippen molar-refractivity contribution in [3.05, 3.63) is 24.3 Å². The Morgan fingerprint density at radius 2 is 1.08 bits per heavy atom. The second-order valence-electron chi connectivity index (χ2n) is 4.97. The molecule has 8 heteroatoms. The standard InChI is InChI=1S/C16H22N4O4/c1-3-9-17-13(21)15(23)19-11-7-5-6-8-12(11)20-16(24)14(22)18-10-4-2/h5-8H,3-4,9-10H2,1-2H3,(H,17,21)(H,18,22)(H,19,23)(H,20,24). The van der Waals surface area contributed by atoms with Crippen molar-refractivity contribution in [1.82, 2.24) is 10.6 Å². The van der Waals surface area contributed by atoms with Gasteiger partial charge in [-0.05, 0) is 25.0 Å². The van der Waals surface area contributed by atoms with Crippen molar-refractivity contribution in [3.63, 3.8) is 0 Å². The fraction of sp³-hybridized carbons (Fsp3) is 0.375. The lowest BCUT2D eigenvalue weighted by atomic mass is 10.2. The maximum Gasteiger partial charge on any atom is 0.313 e. The number of carbonyl (C=O) groups is 4. The van der Waals surface area contributed by atoms with Crippen LogP contribution in [0.4, 0.5) is 11.4 Å². The first-order chi connectivity index (χ1) is 11.5.